The molecule has 98 valence electrons. The van der Waals surface area contributed by atoms with Crippen molar-refractivity contribution in [3.05, 3.63) is 0 Å². The molecule has 0 atom stereocenters. The fourth-order valence-corrected chi connectivity index (χ4v) is 1.26. The number of nitrogens with zero attached hydrogens (tertiary/aromatic N) is 2. The normalized spacial score (nSPS) is 17.8. The molecule has 0 aromatic rings. The van der Waals surface area contributed by atoms with E-state index in [4.69, 9.17) is 0 Å². The predicted octanol–water partition coefficient (Wildman–Crippen LogP) is 0.553. The molecular weight excluding hydrogens is 331 g/mol. The van der Waals surface area contributed by atoms with Crippen LogP contribution in [0.15, 0.2) is 4.99 Å². The lowest BCUT2D eigenvalue weighted by atomic mass is 10.5. The Hall–Kier alpha value is -0.530. The number of amides is 1. The minimum atomic E-state index is 0. The third-order valence-electron chi connectivity index (χ3n) is 2.71. The predicted molar refractivity (Wildman–Crippen MR) is 78.7 cm³/mol. The van der Waals surface area contributed by atoms with Gasteiger partial charge in [0.1, 0.15) is 6.54 Å². The summed E-state index contributed by atoms with van der Waals surface area (Å²) in [6.07, 6.45) is 4.86. The molecule has 2 aliphatic rings. The second-order valence-corrected chi connectivity index (χ2v) is 4.79. The van der Waals surface area contributed by atoms with E-state index in [-0.39, 0.29) is 36.4 Å². The van der Waals surface area contributed by atoms with E-state index in [1.807, 2.05) is 0 Å². The van der Waals surface area contributed by atoms with E-state index in [0.717, 1.165) is 5.96 Å². The largest absolute Gasteiger partial charge is 0.354 e. The number of rotatable bonds is 4. The molecule has 2 fully saturated rings. The Labute approximate surface area is 119 Å². The number of nitrogens with one attached hydrogen (secondary N) is 2. The fraction of sp³-hybridized carbons (Fsp3) is 0.818. The van der Waals surface area contributed by atoms with Crippen molar-refractivity contribution in [3.63, 3.8) is 0 Å². The summed E-state index contributed by atoms with van der Waals surface area (Å²) in [6, 6.07) is 1.14. The first kappa shape index (κ1) is 14.5. The Morgan fingerprint density at radius 3 is 2.00 bits per heavy atom. The van der Waals surface area contributed by atoms with Crippen molar-refractivity contribution in [2.75, 3.05) is 20.6 Å². The van der Waals surface area contributed by atoms with E-state index in [9.17, 15) is 4.79 Å². The fourth-order valence-electron chi connectivity index (χ4n) is 1.26. The molecule has 0 unspecified atom stereocenters. The Morgan fingerprint density at radius 1 is 1.18 bits per heavy atom. The quantitative estimate of drug-likeness (QED) is 0.442. The third kappa shape index (κ3) is 5.56. The van der Waals surface area contributed by atoms with Gasteiger partial charge in [-0.3, -0.25) is 4.79 Å². The summed E-state index contributed by atoms with van der Waals surface area (Å²) in [5.74, 6) is 0.841. The molecule has 0 radical (unpaired) electrons. The van der Waals surface area contributed by atoms with E-state index in [2.05, 4.69) is 15.6 Å². The van der Waals surface area contributed by atoms with Crippen molar-refractivity contribution in [1.29, 1.82) is 0 Å². The zero-order valence-corrected chi connectivity index (χ0v) is 12.7. The van der Waals surface area contributed by atoms with Crippen LogP contribution >= 0.6 is 24.0 Å². The van der Waals surface area contributed by atoms with E-state index in [1.54, 1.807) is 19.0 Å². The van der Waals surface area contributed by atoms with Gasteiger partial charge in [0.2, 0.25) is 5.91 Å². The van der Waals surface area contributed by atoms with Crippen LogP contribution in [0.25, 0.3) is 0 Å². The smallest absolute Gasteiger partial charge is 0.243 e. The third-order valence-corrected chi connectivity index (χ3v) is 2.71. The van der Waals surface area contributed by atoms with Crippen molar-refractivity contribution < 1.29 is 4.79 Å². The molecule has 2 N–H and O–H groups in total. The average molecular weight is 352 g/mol. The number of carbonyl (C=O) groups excluding carboxylic acids is 1. The molecule has 0 saturated heterocycles. The molecule has 6 heteroatoms. The Kier molecular flexibility index (Phi) is 5.48. The summed E-state index contributed by atoms with van der Waals surface area (Å²) in [7, 11) is 3.50. The lowest BCUT2D eigenvalue weighted by Gasteiger charge is -2.12. The molecule has 2 aliphatic carbocycles. The van der Waals surface area contributed by atoms with Gasteiger partial charge in [-0.2, -0.15) is 0 Å². The summed E-state index contributed by atoms with van der Waals surface area (Å²) < 4.78 is 0. The van der Waals surface area contributed by atoms with Crippen LogP contribution in [-0.4, -0.2) is 49.5 Å². The van der Waals surface area contributed by atoms with Gasteiger partial charge in [0.25, 0.3) is 0 Å². The summed E-state index contributed by atoms with van der Waals surface area (Å²) >= 11 is 0. The number of likely N-dealkylation sites (N-methyl/N-ethyl adjacent to an activating group) is 1. The maximum atomic E-state index is 11.4. The van der Waals surface area contributed by atoms with Gasteiger partial charge in [0.05, 0.1) is 0 Å². The van der Waals surface area contributed by atoms with Gasteiger partial charge in [-0.05, 0) is 25.7 Å². The van der Waals surface area contributed by atoms with Gasteiger partial charge in [0.15, 0.2) is 5.96 Å². The van der Waals surface area contributed by atoms with Gasteiger partial charge in [-0.25, -0.2) is 4.99 Å². The van der Waals surface area contributed by atoms with E-state index in [0.29, 0.717) is 12.1 Å². The first-order chi connectivity index (χ1) is 7.65. The second kappa shape index (κ2) is 6.42. The first-order valence-corrected chi connectivity index (χ1v) is 5.93. The summed E-state index contributed by atoms with van der Waals surface area (Å²) in [5, 5.41) is 6.65. The van der Waals surface area contributed by atoms with Gasteiger partial charge in [0, 0.05) is 26.2 Å². The highest BCUT2D eigenvalue weighted by Crippen LogP contribution is 2.21. The number of aliphatic imine (C=N–C) groups is 1. The first-order valence-electron chi connectivity index (χ1n) is 5.93. The minimum absolute atomic E-state index is 0. The zero-order chi connectivity index (χ0) is 11.5. The number of guanidine groups is 1. The molecule has 0 heterocycles. The maximum absolute atomic E-state index is 11.4. The molecule has 17 heavy (non-hydrogen) atoms. The molecule has 0 spiro atoms. The molecule has 2 saturated carbocycles. The number of carbonyl (C=O) groups is 1. The van der Waals surface area contributed by atoms with Crippen LogP contribution in [0.4, 0.5) is 0 Å². The van der Waals surface area contributed by atoms with Crippen LogP contribution in [-0.2, 0) is 4.79 Å². The van der Waals surface area contributed by atoms with Gasteiger partial charge < -0.3 is 15.5 Å². The van der Waals surface area contributed by atoms with Crippen molar-refractivity contribution >= 4 is 35.8 Å². The second-order valence-electron chi connectivity index (χ2n) is 4.79. The number of hydrogen-bond acceptors (Lipinski definition) is 2. The number of halogens is 1. The molecule has 0 aliphatic heterocycles. The Morgan fingerprint density at radius 2 is 1.65 bits per heavy atom. The average Bonchev–Trinajstić information content (AvgIpc) is 3.08. The zero-order valence-electron chi connectivity index (χ0n) is 10.4. The van der Waals surface area contributed by atoms with E-state index < -0.39 is 0 Å². The highest BCUT2D eigenvalue weighted by molar-refractivity contribution is 14.0. The van der Waals surface area contributed by atoms with Crippen molar-refractivity contribution in [3.8, 4) is 0 Å². The topological polar surface area (TPSA) is 56.7 Å². The Balaban J connectivity index is 0.00000144. The monoisotopic (exact) mass is 352 g/mol. The molecular formula is C11H21IN4O. The van der Waals surface area contributed by atoms with E-state index >= 15 is 0 Å². The molecule has 5 nitrogen and oxygen atoms in total. The van der Waals surface area contributed by atoms with E-state index in [1.165, 1.54) is 25.7 Å². The van der Waals surface area contributed by atoms with Crippen LogP contribution < -0.4 is 10.6 Å². The van der Waals surface area contributed by atoms with Crippen LogP contribution in [0.5, 0.6) is 0 Å². The summed E-state index contributed by atoms with van der Waals surface area (Å²) in [4.78, 5) is 17.3. The summed E-state index contributed by atoms with van der Waals surface area (Å²) in [5.41, 5.74) is 0. The molecule has 0 bridgehead atoms. The number of hydrogen-bond donors (Lipinski definition) is 2. The molecule has 2 rings (SSSR count). The maximum Gasteiger partial charge on any atom is 0.243 e. The SMILES string of the molecule is CN(C)C(=O)CN=C(NC1CC1)NC1CC1.I. The Bertz CT molecular complexity index is 282. The van der Waals surface area contributed by atoms with Gasteiger partial charge >= 0.3 is 0 Å². The van der Waals surface area contributed by atoms with Crippen LogP contribution in [0.1, 0.15) is 25.7 Å². The van der Waals surface area contributed by atoms with Gasteiger partial charge in [-0.15, -0.1) is 24.0 Å². The van der Waals surface area contributed by atoms with Crippen LogP contribution in [0.3, 0.4) is 0 Å². The molecule has 0 aromatic heterocycles. The lowest BCUT2D eigenvalue weighted by Crippen LogP contribution is -2.40. The highest BCUT2D eigenvalue weighted by atomic mass is 127. The molecule has 0 aromatic carbocycles. The summed E-state index contributed by atoms with van der Waals surface area (Å²) in [6.45, 7) is 0.224. The standard InChI is InChI=1S/C11H20N4O.HI/c1-15(2)10(16)7-12-11(13-8-3-4-8)14-9-5-6-9;/h8-9H,3-7H2,1-2H3,(H2,12,13,14);1H. The van der Waals surface area contributed by atoms with Gasteiger partial charge in [-0.1, -0.05) is 0 Å². The van der Waals surface area contributed by atoms with Crippen molar-refractivity contribution in [2.45, 2.75) is 37.8 Å². The van der Waals surface area contributed by atoms with Crippen molar-refractivity contribution in [2.24, 2.45) is 4.99 Å². The lowest BCUT2D eigenvalue weighted by molar-refractivity contribution is -0.127. The highest BCUT2D eigenvalue weighted by Gasteiger charge is 2.26. The minimum Gasteiger partial charge on any atom is -0.354 e. The van der Waals surface area contributed by atoms with Crippen molar-refractivity contribution in [1.82, 2.24) is 15.5 Å². The van der Waals surface area contributed by atoms with Crippen LogP contribution in [0, 0.1) is 0 Å². The molecule has 1 amide bonds. The van der Waals surface area contributed by atoms with Crippen LogP contribution in [0.2, 0.25) is 0 Å².